The van der Waals surface area contributed by atoms with Gasteiger partial charge in [-0.15, -0.1) is 0 Å². The van der Waals surface area contributed by atoms with Crippen LogP contribution in [0.4, 0.5) is 16.2 Å². The van der Waals surface area contributed by atoms with E-state index in [1.165, 1.54) is 4.90 Å². The van der Waals surface area contributed by atoms with E-state index in [0.717, 1.165) is 23.1 Å². The van der Waals surface area contributed by atoms with Crippen LogP contribution in [-0.4, -0.2) is 12.3 Å². The number of aryl methyl sites for hydroxylation is 1. The number of carbonyl (C=O) groups is 2. The van der Waals surface area contributed by atoms with Gasteiger partial charge in [-0.3, -0.25) is 4.90 Å². The predicted molar refractivity (Wildman–Crippen MR) is 79.1 cm³/mol. The van der Waals surface area contributed by atoms with Gasteiger partial charge in [0.25, 0.3) is 0 Å². The monoisotopic (exact) mass is 268 g/mol. The van der Waals surface area contributed by atoms with Crippen molar-refractivity contribution in [2.45, 2.75) is 13.3 Å². The number of anilines is 2. The fourth-order valence-electron chi connectivity index (χ4n) is 2.08. The zero-order chi connectivity index (χ0) is 14.5. The molecule has 0 heterocycles. The highest BCUT2D eigenvalue weighted by Gasteiger charge is 2.16. The molecule has 0 saturated heterocycles. The third kappa shape index (κ3) is 2.85. The molecule has 0 radical (unpaired) electrons. The number of amides is 2. The Balaban J connectivity index is 2.41. The van der Waals surface area contributed by atoms with Crippen molar-refractivity contribution in [1.29, 1.82) is 0 Å². The van der Waals surface area contributed by atoms with Crippen molar-refractivity contribution in [2.24, 2.45) is 5.73 Å². The Morgan fingerprint density at radius 3 is 2.35 bits per heavy atom. The highest BCUT2D eigenvalue weighted by Crippen LogP contribution is 2.28. The number of benzene rings is 2. The fourth-order valence-corrected chi connectivity index (χ4v) is 2.08. The van der Waals surface area contributed by atoms with Gasteiger partial charge in [-0.2, -0.15) is 0 Å². The van der Waals surface area contributed by atoms with Gasteiger partial charge in [-0.1, -0.05) is 30.3 Å². The molecule has 0 aromatic heterocycles. The van der Waals surface area contributed by atoms with E-state index in [4.69, 9.17) is 5.73 Å². The summed E-state index contributed by atoms with van der Waals surface area (Å²) < 4.78 is 0. The molecule has 0 spiro atoms. The number of hydrogen-bond donors (Lipinski definition) is 1. The van der Waals surface area contributed by atoms with Gasteiger partial charge in [0.2, 0.25) is 0 Å². The summed E-state index contributed by atoms with van der Waals surface area (Å²) in [6.45, 7) is 1.92. The number of primary amides is 1. The van der Waals surface area contributed by atoms with E-state index in [-0.39, 0.29) is 0 Å². The lowest BCUT2D eigenvalue weighted by atomic mass is 10.1. The largest absolute Gasteiger partial charge is 0.351 e. The molecule has 2 rings (SSSR count). The molecule has 0 fully saturated rings. The summed E-state index contributed by atoms with van der Waals surface area (Å²) in [5, 5.41) is 0. The van der Waals surface area contributed by atoms with E-state index in [0.29, 0.717) is 12.1 Å². The van der Waals surface area contributed by atoms with Crippen molar-refractivity contribution < 1.29 is 9.59 Å². The Hall–Kier alpha value is -2.62. The lowest BCUT2D eigenvalue weighted by Gasteiger charge is -2.22. The van der Waals surface area contributed by atoms with E-state index in [2.05, 4.69) is 0 Å². The van der Waals surface area contributed by atoms with Gasteiger partial charge in [0.05, 0.1) is 11.4 Å². The summed E-state index contributed by atoms with van der Waals surface area (Å²) in [5.41, 5.74) is 8.79. The number of nitrogens with two attached hydrogens (primary N) is 1. The van der Waals surface area contributed by atoms with Crippen molar-refractivity contribution in [3.05, 3.63) is 59.7 Å². The molecule has 20 heavy (non-hydrogen) atoms. The Morgan fingerprint density at radius 2 is 1.80 bits per heavy atom. The molecule has 0 bridgehead atoms. The molecule has 0 aliphatic heterocycles. The first-order valence-corrected chi connectivity index (χ1v) is 6.31. The van der Waals surface area contributed by atoms with Crippen molar-refractivity contribution in [3.8, 4) is 0 Å². The molecule has 2 N–H and O–H groups in total. The summed E-state index contributed by atoms with van der Waals surface area (Å²) in [6, 6.07) is 14.2. The molecule has 0 aliphatic rings. The predicted octanol–water partition coefficient (Wildman–Crippen LogP) is 2.95. The number of rotatable bonds is 4. The average Bonchev–Trinajstić information content (AvgIpc) is 2.43. The molecule has 0 saturated carbocycles. The van der Waals surface area contributed by atoms with E-state index >= 15 is 0 Å². The number of urea groups is 1. The van der Waals surface area contributed by atoms with Gasteiger partial charge < -0.3 is 10.5 Å². The third-order valence-corrected chi connectivity index (χ3v) is 3.09. The minimum atomic E-state index is -0.539. The molecule has 102 valence electrons. The molecule has 2 aromatic carbocycles. The standard InChI is InChI=1S/C16H16N2O2/c1-12-4-2-3-5-15(12)18(16(17)20)14-8-6-13(7-9-14)10-11-19/h2-9,11H,10H2,1H3,(H2,17,20). The van der Waals surface area contributed by atoms with Crippen LogP contribution in [0.2, 0.25) is 0 Å². The third-order valence-electron chi connectivity index (χ3n) is 3.09. The van der Waals surface area contributed by atoms with Crippen LogP contribution >= 0.6 is 0 Å². The number of aldehydes is 1. The van der Waals surface area contributed by atoms with Gasteiger partial charge in [-0.25, -0.2) is 4.79 Å². The summed E-state index contributed by atoms with van der Waals surface area (Å²) in [4.78, 5) is 23.7. The maximum absolute atomic E-state index is 11.8. The van der Waals surface area contributed by atoms with Crippen LogP contribution < -0.4 is 10.6 Å². The maximum Gasteiger partial charge on any atom is 0.323 e. The van der Waals surface area contributed by atoms with Crippen LogP contribution in [0.1, 0.15) is 11.1 Å². The fraction of sp³-hybridized carbons (Fsp3) is 0.125. The highest BCUT2D eigenvalue weighted by atomic mass is 16.2. The van der Waals surface area contributed by atoms with E-state index < -0.39 is 6.03 Å². The quantitative estimate of drug-likeness (QED) is 0.866. The Kier molecular flexibility index (Phi) is 4.15. The second-order valence-corrected chi connectivity index (χ2v) is 4.50. The van der Waals surface area contributed by atoms with E-state index in [1.807, 2.05) is 43.3 Å². The maximum atomic E-state index is 11.8. The average molecular weight is 268 g/mol. The molecule has 2 aromatic rings. The smallest absolute Gasteiger partial charge is 0.323 e. The second kappa shape index (κ2) is 6.02. The van der Waals surface area contributed by atoms with Crippen LogP contribution in [-0.2, 0) is 11.2 Å². The SMILES string of the molecule is Cc1ccccc1N(C(N)=O)c1ccc(CC=O)cc1. The molecular formula is C16H16N2O2. The Labute approximate surface area is 117 Å². The second-order valence-electron chi connectivity index (χ2n) is 4.50. The zero-order valence-electron chi connectivity index (χ0n) is 11.2. The molecule has 0 atom stereocenters. The molecule has 0 aliphatic carbocycles. The number of para-hydroxylation sites is 1. The zero-order valence-corrected chi connectivity index (χ0v) is 11.2. The summed E-state index contributed by atoms with van der Waals surface area (Å²) in [7, 11) is 0. The number of hydrogen-bond acceptors (Lipinski definition) is 2. The molecule has 2 amide bonds. The lowest BCUT2D eigenvalue weighted by molar-refractivity contribution is -0.107. The van der Waals surface area contributed by atoms with Crippen molar-refractivity contribution >= 4 is 23.7 Å². The topological polar surface area (TPSA) is 63.4 Å². The van der Waals surface area contributed by atoms with Crippen LogP contribution in [0.5, 0.6) is 0 Å². The Bertz CT molecular complexity index is 621. The molecule has 0 unspecified atom stereocenters. The number of nitrogens with zero attached hydrogens (tertiary/aromatic N) is 1. The normalized spacial score (nSPS) is 10.1. The molecular weight excluding hydrogens is 252 g/mol. The molecule has 4 nitrogen and oxygen atoms in total. The highest BCUT2D eigenvalue weighted by molar-refractivity contribution is 5.99. The van der Waals surface area contributed by atoms with Crippen LogP contribution in [0.25, 0.3) is 0 Å². The minimum Gasteiger partial charge on any atom is -0.351 e. The van der Waals surface area contributed by atoms with Crippen molar-refractivity contribution in [1.82, 2.24) is 0 Å². The van der Waals surface area contributed by atoms with Gasteiger partial charge in [-0.05, 0) is 36.2 Å². The van der Waals surface area contributed by atoms with Gasteiger partial charge in [0, 0.05) is 6.42 Å². The summed E-state index contributed by atoms with van der Waals surface area (Å²) >= 11 is 0. The van der Waals surface area contributed by atoms with Gasteiger partial charge in [0.1, 0.15) is 6.29 Å². The number of carbonyl (C=O) groups excluding carboxylic acids is 2. The van der Waals surface area contributed by atoms with Crippen LogP contribution in [0.3, 0.4) is 0 Å². The first-order chi connectivity index (χ1) is 9.63. The van der Waals surface area contributed by atoms with Crippen molar-refractivity contribution in [3.63, 3.8) is 0 Å². The Morgan fingerprint density at radius 1 is 1.15 bits per heavy atom. The van der Waals surface area contributed by atoms with Gasteiger partial charge >= 0.3 is 6.03 Å². The minimum absolute atomic E-state index is 0.362. The first-order valence-electron chi connectivity index (χ1n) is 6.31. The van der Waals surface area contributed by atoms with E-state index in [9.17, 15) is 9.59 Å². The summed E-state index contributed by atoms with van der Waals surface area (Å²) in [5.74, 6) is 0. The summed E-state index contributed by atoms with van der Waals surface area (Å²) in [6.07, 6.45) is 1.21. The van der Waals surface area contributed by atoms with Crippen molar-refractivity contribution in [2.75, 3.05) is 4.90 Å². The lowest BCUT2D eigenvalue weighted by Crippen LogP contribution is -2.31. The molecule has 4 heteroatoms. The van der Waals surface area contributed by atoms with Crippen LogP contribution in [0, 0.1) is 6.92 Å². The van der Waals surface area contributed by atoms with E-state index in [1.54, 1.807) is 12.1 Å². The van der Waals surface area contributed by atoms with Crippen LogP contribution in [0.15, 0.2) is 48.5 Å². The first kappa shape index (κ1) is 13.8. The van der Waals surface area contributed by atoms with Gasteiger partial charge in [0.15, 0.2) is 0 Å².